The summed E-state index contributed by atoms with van der Waals surface area (Å²) in [4.78, 5) is 50.7. The number of ether oxygens (including phenoxy) is 1. The van der Waals surface area contributed by atoms with Crippen LogP contribution in [0.25, 0.3) is 11.3 Å². The third-order valence-corrected chi connectivity index (χ3v) is 4.87. The normalized spacial score (nSPS) is 11.1. The van der Waals surface area contributed by atoms with Gasteiger partial charge >= 0.3 is 25.7 Å². The monoisotopic (exact) mass is 557 g/mol. The minimum absolute atomic E-state index is 0.0332. The molecule has 0 saturated carbocycles. The van der Waals surface area contributed by atoms with Gasteiger partial charge in [0.15, 0.2) is 0 Å². The molecule has 1 amide bonds. The lowest BCUT2D eigenvalue weighted by atomic mass is 10.1. The third-order valence-electron chi connectivity index (χ3n) is 4.30. The van der Waals surface area contributed by atoms with Gasteiger partial charge in [-0.2, -0.15) is 13.2 Å². The van der Waals surface area contributed by atoms with Gasteiger partial charge in [0.25, 0.3) is 5.91 Å². The maximum atomic E-state index is 12.3. The van der Waals surface area contributed by atoms with Crippen LogP contribution in [0, 0.1) is 5.41 Å². The van der Waals surface area contributed by atoms with Crippen LogP contribution in [0.2, 0.25) is 0 Å². The number of furan rings is 1. The van der Waals surface area contributed by atoms with Gasteiger partial charge in [0.1, 0.15) is 23.6 Å². The number of carboxylic acids is 1. The molecule has 0 spiro atoms. The summed E-state index contributed by atoms with van der Waals surface area (Å²) in [5, 5.41) is 16.6. The van der Waals surface area contributed by atoms with E-state index < -0.39 is 37.9 Å². The standard InChI is InChI=1S/C20H18N3O7P.C2HF3O2/c21-18(22)13-5-7-15(8-6-13)29-20(25)17-10-9-16(30-17)12-1-3-14(4-2-12)19(24)23-11-31(26,27)28;3-2(4,5)1(6)7/h1-10H,11H2,(H3,21,22)(H,23,24)(H2,26,27,28);(H,6,7). The highest BCUT2D eigenvalue weighted by Gasteiger charge is 2.38. The predicted molar refractivity (Wildman–Crippen MR) is 125 cm³/mol. The molecule has 7 N–H and O–H groups in total. The molecule has 0 fully saturated rings. The van der Waals surface area contributed by atoms with Crippen LogP contribution in [0.5, 0.6) is 5.75 Å². The Labute approximate surface area is 211 Å². The molecule has 3 rings (SSSR count). The number of hydrogen-bond donors (Lipinski definition) is 6. The summed E-state index contributed by atoms with van der Waals surface area (Å²) in [6.07, 6.45) is -5.84. The second kappa shape index (κ2) is 12.2. The number of nitrogens with two attached hydrogens (primary N) is 1. The molecule has 0 aliphatic rings. The van der Waals surface area contributed by atoms with Gasteiger partial charge < -0.3 is 35.1 Å². The fourth-order valence-electron chi connectivity index (χ4n) is 2.53. The molecule has 0 aliphatic heterocycles. The summed E-state index contributed by atoms with van der Waals surface area (Å²) < 4.78 is 53.3. The number of benzene rings is 2. The van der Waals surface area contributed by atoms with E-state index in [0.29, 0.717) is 16.9 Å². The summed E-state index contributed by atoms with van der Waals surface area (Å²) in [7, 11) is -4.34. The number of alkyl halides is 3. The zero-order chi connectivity index (χ0) is 28.7. The largest absolute Gasteiger partial charge is 0.490 e. The number of amides is 1. The first-order chi connectivity index (χ1) is 17.6. The number of carboxylic acid groups (broad SMARTS) is 1. The quantitative estimate of drug-likeness (QED) is 0.0821. The van der Waals surface area contributed by atoms with Gasteiger partial charge in [-0.15, -0.1) is 0 Å². The van der Waals surface area contributed by atoms with Crippen molar-refractivity contribution in [3.05, 3.63) is 77.6 Å². The lowest BCUT2D eigenvalue weighted by molar-refractivity contribution is -0.192. The molecule has 0 bridgehead atoms. The van der Waals surface area contributed by atoms with E-state index in [0.717, 1.165) is 0 Å². The van der Waals surface area contributed by atoms with Crippen LogP contribution in [0.3, 0.4) is 0 Å². The Morgan fingerprint density at radius 1 is 0.974 bits per heavy atom. The fourth-order valence-corrected chi connectivity index (χ4v) is 2.87. The summed E-state index contributed by atoms with van der Waals surface area (Å²) >= 11 is 0. The lowest BCUT2D eigenvalue weighted by Crippen LogP contribution is -2.24. The van der Waals surface area contributed by atoms with Crippen molar-refractivity contribution in [3.8, 4) is 17.1 Å². The van der Waals surface area contributed by atoms with Crippen LogP contribution in [0.15, 0.2) is 65.1 Å². The Kier molecular flexibility index (Phi) is 9.55. The van der Waals surface area contributed by atoms with Crippen LogP contribution < -0.4 is 15.8 Å². The maximum Gasteiger partial charge on any atom is 0.490 e. The lowest BCUT2D eigenvalue weighted by Gasteiger charge is -2.07. The van der Waals surface area contributed by atoms with Crippen molar-refractivity contribution >= 4 is 31.3 Å². The number of halogens is 3. The fraction of sp³-hybridized carbons (Fsp3) is 0.0909. The molecule has 202 valence electrons. The Morgan fingerprint density at radius 3 is 1.97 bits per heavy atom. The first-order valence-electron chi connectivity index (χ1n) is 10.1. The minimum Gasteiger partial charge on any atom is -0.475 e. The zero-order valence-electron chi connectivity index (χ0n) is 18.9. The third kappa shape index (κ3) is 9.20. The summed E-state index contributed by atoms with van der Waals surface area (Å²) in [5.74, 6) is -3.61. The van der Waals surface area contributed by atoms with Gasteiger partial charge in [0.2, 0.25) is 5.76 Å². The topological polar surface area (TPSA) is 213 Å². The smallest absolute Gasteiger partial charge is 0.475 e. The van der Waals surface area contributed by atoms with E-state index in [1.165, 1.54) is 30.3 Å². The van der Waals surface area contributed by atoms with Crippen LogP contribution in [-0.2, 0) is 9.36 Å². The number of nitrogen functional groups attached to an aromatic ring is 1. The molecule has 0 radical (unpaired) electrons. The second-order valence-electron chi connectivity index (χ2n) is 7.20. The minimum atomic E-state index is -5.08. The van der Waals surface area contributed by atoms with Gasteiger partial charge in [-0.05, 0) is 48.5 Å². The Bertz CT molecular complexity index is 1370. The SMILES string of the molecule is N=C(N)c1ccc(OC(=O)c2ccc(-c3ccc(C(=O)NCP(=O)(O)O)cc3)o2)cc1.O=C(O)C(F)(F)F. The van der Waals surface area contributed by atoms with Crippen molar-refractivity contribution in [3.63, 3.8) is 0 Å². The Balaban J connectivity index is 0.000000638. The van der Waals surface area contributed by atoms with Crippen molar-refractivity contribution in [2.75, 3.05) is 6.29 Å². The highest BCUT2D eigenvalue weighted by Crippen LogP contribution is 2.32. The van der Waals surface area contributed by atoms with E-state index in [-0.39, 0.29) is 22.9 Å². The maximum absolute atomic E-state index is 12.3. The number of rotatable bonds is 7. The van der Waals surface area contributed by atoms with Crippen molar-refractivity contribution in [1.82, 2.24) is 5.32 Å². The molecule has 0 aliphatic carbocycles. The highest BCUT2D eigenvalue weighted by molar-refractivity contribution is 7.51. The number of hydrogen-bond acceptors (Lipinski definition) is 7. The molecule has 1 aromatic heterocycles. The van der Waals surface area contributed by atoms with Crippen LogP contribution in [0.4, 0.5) is 13.2 Å². The zero-order valence-corrected chi connectivity index (χ0v) is 19.8. The first-order valence-corrected chi connectivity index (χ1v) is 11.9. The summed E-state index contributed by atoms with van der Waals surface area (Å²) in [6, 6.07) is 15.2. The number of carbonyl (C=O) groups excluding carboxylic acids is 2. The first kappa shape index (κ1) is 29.8. The van der Waals surface area contributed by atoms with E-state index in [1.54, 1.807) is 30.3 Å². The number of aliphatic carboxylic acids is 1. The Hall–Kier alpha value is -4.46. The number of amidine groups is 1. The van der Waals surface area contributed by atoms with E-state index in [4.69, 9.17) is 40.0 Å². The van der Waals surface area contributed by atoms with Crippen molar-refractivity contribution in [2.45, 2.75) is 6.18 Å². The molecule has 0 atom stereocenters. The molecule has 16 heteroatoms. The highest BCUT2D eigenvalue weighted by atomic mass is 31.2. The molecular weight excluding hydrogens is 538 g/mol. The Morgan fingerprint density at radius 2 is 1.50 bits per heavy atom. The van der Waals surface area contributed by atoms with Gasteiger partial charge in [-0.1, -0.05) is 12.1 Å². The van der Waals surface area contributed by atoms with E-state index in [2.05, 4.69) is 5.32 Å². The molecular formula is C22H19F3N3O9P. The molecule has 0 unspecified atom stereocenters. The molecule has 0 saturated heterocycles. The van der Waals surface area contributed by atoms with Crippen molar-refractivity contribution < 1.29 is 56.2 Å². The number of nitrogens with one attached hydrogen (secondary N) is 2. The van der Waals surface area contributed by atoms with Crippen LogP contribution in [-0.4, -0.2) is 51.0 Å². The average molecular weight is 557 g/mol. The number of carbonyl (C=O) groups is 3. The van der Waals surface area contributed by atoms with Crippen molar-refractivity contribution in [2.24, 2.45) is 5.73 Å². The molecule has 2 aromatic carbocycles. The molecule has 12 nitrogen and oxygen atoms in total. The van der Waals surface area contributed by atoms with Gasteiger partial charge in [0, 0.05) is 16.7 Å². The molecule has 38 heavy (non-hydrogen) atoms. The summed E-state index contributed by atoms with van der Waals surface area (Å²) in [6.45, 7) is 0. The van der Waals surface area contributed by atoms with Crippen LogP contribution >= 0.6 is 7.60 Å². The van der Waals surface area contributed by atoms with E-state index in [1.807, 2.05) is 0 Å². The van der Waals surface area contributed by atoms with Crippen molar-refractivity contribution in [1.29, 1.82) is 5.41 Å². The molecule has 1 heterocycles. The van der Waals surface area contributed by atoms with Gasteiger partial charge in [-0.3, -0.25) is 14.8 Å². The number of esters is 1. The van der Waals surface area contributed by atoms with E-state index >= 15 is 0 Å². The van der Waals surface area contributed by atoms with E-state index in [9.17, 15) is 27.3 Å². The van der Waals surface area contributed by atoms with Crippen LogP contribution in [0.1, 0.15) is 26.5 Å². The second-order valence-corrected chi connectivity index (χ2v) is 8.85. The average Bonchev–Trinajstić information content (AvgIpc) is 3.33. The van der Waals surface area contributed by atoms with Gasteiger partial charge in [0.05, 0.1) is 0 Å². The van der Waals surface area contributed by atoms with Gasteiger partial charge in [-0.25, -0.2) is 9.59 Å². The molecule has 3 aromatic rings. The summed E-state index contributed by atoms with van der Waals surface area (Å²) in [5.41, 5.74) is 6.66. The predicted octanol–water partition coefficient (Wildman–Crippen LogP) is 2.95.